The summed E-state index contributed by atoms with van der Waals surface area (Å²) in [5, 5.41) is 12.7. The van der Waals surface area contributed by atoms with Crippen LogP contribution in [-0.4, -0.2) is 16.6 Å². The number of rotatable bonds is 7. The van der Waals surface area contributed by atoms with E-state index in [1.807, 2.05) is 60.7 Å². The second-order valence-electron chi connectivity index (χ2n) is 5.46. The molecule has 0 aliphatic carbocycles. The van der Waals surface area contributed by atoms with Crippen LogP contribution in [0.3, 0.4) is 0 Å². The number of aliphatic carboxylic acids is 1. The highest BCUT2D eigenvalue weighted by Gasteiger charge is 2.31. The molecule has 2 aromatic rings. The average molecular weight is 283 g/mol. The van der Waals surface area contributed by atoms with Gasteiger partial charge in [0.05, 0.1) is 0 Å². The molecule has 0 saturated heterocycles. The fraction of sp³-hybridized carbons (Fsp3) is 0.278. The molecule has 2 rings (SSSR count). The minimum atomic E-state index is -0.925. The molecule has 21 heavy (non-hydrogen) atoms. The molecule has 0 amide bonds. The summed E-state index contributed by atoms with van der Waals surface area (Å²) in [6.07, 6.45) is 1.30. The maximum atomic E-state index is 11.6. The third-order valence-corrected chi connectivity index (χ3v) is 3.75. The number of hydrogen-bond donors (Lipinski definition) is 2. The van der Waals surface area contributed by atoms with Gasteiger partial charge in [0, 0.05) is 6.54 Å². The lowest BCUT2D eigenvalue weighted by Crippen LogP contribution is -2.49. The lowest BCUT2D eigenvalue weighted by Gasteiger charge is -2.26. The van der Waals surface area contributed by atoms with E-state index in [2.05, 4.69) is 5.32 Å². The van der Waals surface area contributed by atoms with Crippen LogP contribution in [0.15, 0.2) is 60.7 Å². The van der Waals surface area contributed by atoms with Crippen LogP contribution in [-0.2, 0) is 17.8 Å². The molecule has 0 fully saturated rings. The van der Waals surface area contributed by atoms with Gasteiger partial charge >= 0.3 is 5.97 Å². The molecule has 3 heteroatoms. The summed E-state index contributed by atoms with van der Waals surface area (Å²) in [6.45, 7) is 2.31. The van der Waals surface area contributed by atoms with Crippen LogP contribution in [0.25, 0.3) is 0 Å². The highest BCUT2D eigenvalue weighted by Crippen LogP contribution is 2.16. The highest BCUT2D eigenvalue weighted by molar-refractivity contribution is 5.78. The van der Waals surface area contributed by atoms with E-state index in [1.54, 1.807) is 6.92 Å². The topological polar surface area (TPSA) is 49.3 Å². The summed E-state index contributed by atoms with van der Waals surface area (Å²) in [6, 6.07) is 19.8. The van der Waals surface area contributed by atoms with E-state index in [-0.39, 0.29) is 0 Å². The van der Waals surface area contributed by atoms with Crippen LogP contribution >= 0.6 is 0 Å². The number of hydrogen-bond acceptors (Lipinski definition) is 2. The molecule has 0 spiro atoms. The number of carbonyl (C=O) groups is 1. The molecule has 3 nitrogen and oxygen atoms in total. The fourth-order valence-corrected chi connectivity index (χ4v) is 2.20. The van der Waals surface area contributed by atoms with E-state index < -0.39 is 11.5 Å². The summed E-state index contributed by atoms with van der Waals surface area (Å²) in [5.74, 6) is -0.811. The molecule has 2 N–H and O–H groups in total. The van der Waals surface area contributed by atoms with Gasteiger partial charge in [0.15, 0.2) is 0 Å². The van der Waals surface area contributed by atoms with Crippen molar-refractivity contribution in [2.45, 2.75) is 31.8 Å². The van der Waals surface area contributed by atoms with Crippen LogP contribution in [0, 0.1) is 0 Å². The van der Waals surface area contributed by atoms with Gasteiger partial charge in [-0.3, -0.25) is 10.1 Å². The Morgan fingerprint density at radius 1 is 1.00 bits per heavy atom. The smallest absolute Gasteiger partial charge is 0.323 e. The van der Waals surface area contributed by atoms with E-state index in [4.69, 9.17) is 0 Å². The molecule has 0 aliphatic heterocycles. The molecule has 0 heterocycles. The zero-order valence-electron chi connectivity index (χ0n) is 12.3. The zero-order chi connectivity index (χ0) is 15.1. The van der Waals surface area contributed by atoms with Crippen molar-refractivity contribution in [1.82, 2.24) is 5.32 Å². The first-order valence-corrected chi connectivity index (χ1v) is 7.16. The molecule has 1 unspecified atom stereocenters. The standard InChI is InChI=1S/C18H21NO2/c1-18(17(20)21,13-12-15-8-4-2-5-9-15)19-14-16-10-6-3-7-11-16/h2-11,19H,12-14H2,1H3,(H,20,21). The second kappa shape index (κ2) is 7.04. The van der Waals surface area contributed by atoms with Gasteiger partial charge in [-0.05, 0) is 30.9 Å². The van der Waals surface area contributed by atoms with Crippen molar-refractivity contribution in [1.29, 1.82) is 0 Å². The molecule has 0 aliphatic rings. The van der Waals surface area contributed by atoms with E-state index in [0.29, 0.717) is 13.0 Å². The molecule has 2 aromatic carbocycles. The van der Waals surface area contributed by atoms with Crippen LogP contribution in [0.5, 0.6) is 0 Å². The summed E-state index contributed by atoms with van der Waals surface area (Å²) >= 11 is 0. The quantitative estimate of drug-likeness (QED) is 0.820. The van der Waals surface area contributed by atoms with Crippen molar-refractivity contribution >= 4 is 5.97 Å². The van der Waals surface area contributed by atoms with E-state index >= 15 is 0 Å². The summed E-state index contributed by atoms with van der Waals surface area (Å²) in [7, 11) is 0. The molecular formula is C18H21NO2. The van der Waals surface area contributed by atoms with Gasteiger partial charge in [-0.2, -0.15) is 0 Å². The number of carboxylic acids is 1. The Labute approximate surface area is 125 Å². The van der Waals surface area contributed by atoms with Crippen LogP contribution in [0.4, 0.5) is 0 Å². The minimum Gasteiger partial charge on any atom is -0.480 e. The second-order valence-corrected chi connectivity index (χ2v) is 5.46. The van der Waals surface area contributed by atoms with Gasteiger partial charge in [-0.1, -0.05) is 60.7 Å². The highest BCUT2D eigenvalue weighted by atomic mass is 16.4. The Balaban J connectivity index is 1.97. The maximum Gasteiger partial charge on any atom is 0.323 e. The lowest BCUT2D eigenvalue weighted by atomic mass is 9.93. The Morgan fingerprint density at radius 3 is 2.05 bits per heavy atom. The SMILES string of the molecule is CC(CCc1ccccc1)(NCc1ccccc1)C(=O)O. The van der Waals surface area contributed by atoms with Gasteiger partial charge in [-0.15, -0.1) is 0 Å². The van der Waals surface area contributed by atoms with Crippen molar-refractivity contribution in [2.75, 3.05) is 0 Å². The van der Waals surface area contributed by atoms with Gasteiger partial charge in [-0.25, -0.2) is 0 Å². The van der Waals surface area contributed by atoms with Crippen LogP contribution < -0.4 is 5.32 Å². The number of benzene rings is 2. The van der Waals surface area contributed by atoms with E-state index in [0.717, 1.165) is 17.5 Å². The molecule has 0 saturated carbocycles. The van der Waals surface area contributed by atoms with Gasteiger partial charge < -0.3 is 5.11 Å². The Morgan fingerprint density at radius 2 is 1.52 bits per heavy atom. The molecule has 0 aromatic heterocycles. The Hall–Kier alpha value is -2.13. The van der Waals surface area contributed by atoms with Gasteiger partial charge in [0.1, 0.15) is 5.54 Å². The van der Waals surface area contributed by atoms with E-state index in [1.165, 1.54) is 0 Å². The van der Waals surface area contributed by atoms with Crippen molar-refractivity contribution in [3.63, 3.8) is 0 Å². The molecule has 0 radical (unpaired) electrons. The largest absolute Gasteiger partial charge is 0.480 e. The predicted octanol–water partition coefficient (Wildman–Crippen LogP) is 3.25. The van der Waals surface area contributed by atoms with Crippen LogP contribution in [0.1, 0.15) is 24.5 Å². The Kier molecular flexibility index (Phi) is 5.12. The maximum absolute atomic E-state index is 11.6. The van der Waals surface area contributed by atoms with Gasteiger partial charge in [0.25, 0.3) is 0 Å². The first-order chi connectivity index (χ1) is 10.1. The first-order valence-electron chi connectivity index (χ1n) is 7.16. The first kappa shape index (κ1) is 15.3. The van der Waals surface area contributed by atoms with Crippen molar-refractivity contribution < 1.29 is 9.90 Å². The third kappa shape index (κ3) is 4.43. The third-order valence-electron chi connectivity index (χ3n) is 3.75. The Bertz CT molecular complexity index is 523. The monoisotopic (exact) mass is 283 g/mol. The number of aryl methyl sites for hydroxylation is 1. The average Bonchev–Trinajstić information content (AvgIpc) is 2.53. The summed E-state index contributed by atoms with van der Waals surface area (Å²) in [4.78, 5) is 11.6. The lowest BCUT2D eigenvalue weighted by molar-refractivity contribution is -0.144. The van der Waals surface area contributed by atoms with Crippen molar-refractivity contribution in [3.05, 3.63) is 71.8 Å². The van der Waals surface area contributed by atoms with Crippen LogP contribution in [0.2, 0.25) is 0 Å². The zero-order valence-corrected chi connectivity index (χ0v) is 12.3. The van der Waals surface area contributed by atoms with Crippen molar-refractivity contribution in [3.8, 4) is 0 Å². The van der Waals surface area contributed by atoms with Crippen molar-refractivity contribution in [2.24, 2.45) is 0 Å². The normalized spacial score (nSPS) is 13.6. The van der Waals surface area contributed by atoms with Gasteiger partial charge in [0.2, 0.25) is 0 Å². The number of nitrogens with one attached hydrogen (secondary N) is 1. The molecule has 0 bridgehead atoms. The minimum absolute atomic E-state index is 0.554. The molecule has 110 valence electrons. The number of carboxylic acid groups (broad SMARTS) is 1. The predicted molar refractivity (Wildman–Crippen MR) is 84.1 cm³/mol. The fourth-order valence-electron chi connectivity index (χ4n) is 2.20. The molecular weight excluding hydrogens is 262 g/mol. The summed E-state index contributed by atoms with van der Waals surface area (Å²) in [5.41, 5.74) is 1.32. The van der Waals surface area contributed by atoms with E-state index in [9.17, 15) is 9.90 Å². The summed E-state index contributed by atoms with van der Waals surface area (Å²) < 4.78 is 0. The molecule has 1 atom stereocenters.